The third-order valence-corrected chi connectivity index (χ3v) is 12.7. The van der Waals surface area contributed by atoms with E-state index in [-0.39, 0.29) is 6.61 Å². The zero-order chi connectivity index (χ0) is 44.6. The van der Waals surface area contributed by atoms with Crippen molar-refractivity contribution in [3.8, 4) is 0 Å². The average Bonchev–Trinajstić information content (AvgIpc) is 3.19. The lowest BCUT2D eigenvalue weighted by Gasteiger charge is -2.29. The molecule has 0 rings (SSSR count). The highest BCUT2D eigenvalue weighted by Gasteiger charge is 2.14. The summed E-state index contributed by atoms with van der Waals surface area (Å²) < 4.78 is 16.1. The van der Waals surface area contributed by atoms with Gasteiger partial charge in [-0.1, -0.05) is 234 Å². The second-order valence-electron chi connectivity index (χ2n) is 19.7. The number of unbranched alkanes of at least 4 members (excludes halogenated alkanes) is 33. The minimum atomic E-state index is -4.70. The van der Waals surface area contributed by atoms with Crippen molar-refractivity contribution in [1.29, 1.82) is 0 Å². The molecule has 0 aliphatic carbocycles. The van der Waals surface area contributed by atoms with E-state index in [0.29, 0.717) is 6.42 Å². The first-order chi connectivity index (χ1) is 28.3. The van der Waals surface area contributed by atoms with Gasteiger partial charge in [-0.25, -0.2) is 0 Å². The first-order valence-electron chi connectivity index (χ1n) is 26.6. The average molecular weight is 861 g/mol. The van der Waals surface area contributed by atoms with Gasteiger partial charge in [-0.05, 0) is 44.9 Å². The van der Waals surface area contributed by atoms with E-state index in [1.807, 2.05) is 6.92 Å². The largest absolute Gasteiger partial charge is 0.790 e. The quantitative estimate of drug-likeness (QED) is 0.0347. The van der Waals surface area contributed by atoms with Crippen LogP contribution < -0.4 is 9.79 Å². The Morgan fingerprint density at radius 3 is 0.695 bits per heavy atom. The van der Waals surface area contributed by atoms with E-state index < -0.39 is 7.82 Å². The number of phosphoric acid groups is 1. The lowest BCUT2D eigenvalue weighted by atomic mass is 10.0. The van der Waals surface area contributed by atoms with Gasteiger partial charge in [0, 0.05) is 0 Å². The minimum Gasteiger partial charge on any atom is -0.790 e. The molecule has 0 aliphatic heterocycles. The van der Waals surface area contributed by atoms with Crippen molar-refractivity contribution in [1.82, 2.24) is 0 Å². The van der Waals surface area contributed by atoms with E-state index in [2.05, 4.69) is 60.4 Å². The number of nitrogens with zero attached hydrogens (tertiary/aromatic N) is 2. The highest BCUT2D eigenvalue weighted by atomic mass is 31.2. The van der Waals surface area contributed by atoms with Crippen molar-refractivity contribution >= 4 is 7.82 Å². The van der Waals surface area contributed by atoms with Crippen molar-refractivity contribution in [2.24, 2.45) is 0 Å². The third kappa shape index (κ3) is 62.4. The molecule has 360 valence electrons. The molecule has 7 heteroatoms. The summed E-state index contributed by atoms with van der Waals surface area (Å²) in [5, 5.41) is 0. The lowest BCUT2D eigenvalue weighted by Crippen LogP contribution is -2.41. The molecule has 0 bridgehead atoms. The molecule has 6 nitrogen and oxygen atoms in total. The van der Waals surface area contributed by atoms with Crippen molar-refractivity contribution in [2.45, 2.75) is 279 Å². The van der Waals surface area contributed by atoms with Crippen LogP contribution in [0.25, 0.3) is 0 Å². The van der Waals surface area contributed by atoms with Gasteiger partial charge in [0.05, 0.1) is 68.8 Å². The van der Waals surface area contributed by atoms with Crippen LogP contribution in [0, 0.1) is 0 Å². The Hall–Kier alpha value is 0.0300. The minimum absolute atomic E-state index is 0.0147. The third-order valence-electron chi connectivity index (χ3n) is 12.2. The summed E-state index contributed by atoms with van der Waals surface area (Å²) in [4.78, 5) is 19.5. The first-order valence-corrected chi connectivity index (χ1v) is 28.1. The van der Waals surface area contributed by atoms with Crippen LogP contribution in [0.4, 0.5) is 0 Å². The maximum Gasteiger partial charge on any atom is 0.0782 e. The van der Waals surface area contributed by atoms with Gasteiger partial charge in [-0.15, -0.1) is 0 Å². The fraction of sp³-hybridized carbons (Fsp3) is 1.00. The molecule has 0 saturated carbocycles. The van der Waals surface area contributed by atoms with E-state index in [1.165, 1.54) is 266 Å². The molecule has 59 heavy (non-hydrogen) atoms. The van der Waals surface area contributed by atoms with Gasteiger partial charge in [-0.2, -0.15) is 0 Å². The van der Waals surface area contributed by atoms with Gasteiger partial charge in [0.1, 0.15) is 0 Å². The fourth-order valence-electron chi connectivity index (χ4n) is 7.89. The zero-order valence-corrected chi connectivity index (χ0v) is 43.3. The van der Waals surface area contributed by atoms with E-state index in [1.54, 1.807) is 0 Å². The summed E-state index contributed by atoms with van der Waals surface area (Å²) in [5.74, 6) is 0. The SMILES string of the molecule is CCCCCCCCCCCCCCCCCC[N+](C)(C)CCCC.CCCCCCCCCCCCCCCCCC[N+](C)(C)CCCC.CCCCOP(=O)([O-])[O-]. The highest BCUT2D eigenvalue weighted by Crippen LogP contribution is 2.24. The van der Waals surface area contributed by atoms with Gasteiger partial charge in [0.2, 0.25) is 0 Å². The number of quaternary nitrogens is 2. The Morgan fingerprint density at radius 1 is 0.305 bits per heavy atom. The molecule has 0 N–H and O–H groups in total. The van der Waals surface area contributed by atoms with E-state index >= 15 is 0 Å². The number of hydrogen-bond acceptors (Lipinski definition) is 4. The second kappa shape index (κ2) is 49.1. The second-order valence-corrected chi connectivity index (χ2v) is 20.9. The van der Waals surface area contributed by atoms with E-state index in [4.69, 9.17) is 0 Å². The smallest absolute Gasteiger partial charge is 0.0782 e. The van der Waals surface area contributed by atoms with Crippen molar-refractivity contribution in [2.75, 3.05) is 61.0 Å². The zero-order valence-electron chi connectivity index (χ0n) is 42.4. The Morgan fingerprint density at radius 2 is 0.492 bits per heavy atom. The van der Waals surface area contributed by atoms with Crippen molar-refractivity contribution < 1.29 is 27.8 Å². The van der Waals surface area contributed by atoms with Crippen molar-refractivity contribution in [3.63, 3.8) is 0 Å². The standard InChI is InChI=1S/2C24H52N.C4H11O4P/c2*1-5-7-9-10-11-12-13-14-15-16-17-18-19-20-21-22-24-25(3,4)23-8-6-2;1-2-3-4-8-9(5,6)7/h2*5-24H2,1-4H3;2-4H2,1H3,(H2,5,6,7)/q2*+1;/p-2. The van der Waals surface area contributed by atoms with Gasteiger partial charge >= 0.3 is 0 Å². The Bertz CT molecular complexity index is 767. The highest BCUT2D eigenvalue weighted by molar-refractivity contribution is 7.43. The molecule has 0 fully saturated rings. The lowest BCUT2D eigenvalue weighted by molar-refractivity contribution is -0.890. The van der Waals surface area contributed by atoms with E-state index in [9.17, 15) is 14.4 Å². The molecule has 0 aliphatic rings. The topological polar surface area (TPSA) is 72.4 Å². The van der Waals surface area contributed by atoms with Crippen LogP contribution in [0.5, 0.6) is 0 Å². The number of hydrogen-bond donors (Lipinski definition) is 0. The summed E-state index contributed by atoms with van der Waals surface area (Å²) in [7, 11) is 4.92. The molecule has 0 atom stereocenters. The van der Waals surface area contributed by atoms with Crippen LogP contribution in [-0.2, 0) is 9.09 Å². The first kappa shape index (κ1) is 63.3. The molecule has 0 radical (unpaired) electrons. The predicted octanol–water partition coefficient (Wildman–Crippen LogP) is 15.9. The fourth-order valence-corrected chi connectivity index (χ4v) is 8.25. The van der Waals surface area contributed by atoms with Gasteiger partial charge in [0.15, 0.2) is 0 Å². The maximum absolute atomic E-state index is 9.76. The summed E-state index contributed by atoms with van der Waals surface area (Å²) >= 11 is 0. The van der Waals surface area contributed by atoms with Gasteiger partial charge < -0.3 is 27.8 Å². The van der Waals surface area contributed by atoms with E-state index in [0.717, 1.165) is 6.42 Å². The summed E-state index contributed by atoms with van der Waals surface area (Å²) in [5.41, 5.74) is 0. The summed E-state index contributed by atoms with van der Waals surface area (Å²) in [6.07, 6.45) is 53.7. The molecule has 0 aromatic heterocycles. The summed E-state index contributed by atoms with van der Waals surface area (Å²) in [6, 6.07) is 0. The Kier molecular flexibility index (Phi) is 52.6. The predicted molar refractivity (Wildman–Crippen MR) is 261 cm³/mol. The van der Waals surface area contributed by atoms with Crippen LogP contribution >= 0.6 is 7.82 Å². The summed E-state index contributed by atoms with van der Waals surface area (Å²) in [6.45, 7) is 16.6. The molecular formula is C52H113N2O4P. The number of phosphoric ester groups is 1. The molecule has 0 unspecified atom stereocenters. The normalized spacial score (nSPS) is 12.0. The molecule has 0 aromatic carbocycles. The van der Waals surface area contributed by atoms with Crippen molar-refractivity contribution in [3.05, 3.63) is 0 Å². The van der Waals surface area contributed by atoms with Crippen LogP contribution in [-0.4, -0.2) is 69.9 Å². The Labute approximate surface area is 374 Å². The molecule has 0 heterocycles. The molecule has 0 aromatic rings. The molecule has 0 saturated heterocycles. The maximum atomic E-state index is 9.76. The molecular weight excluding hydrogens is 748 g/mol. The van der Waals surface area contributed by atoms with Crippen LogP contribution in [0.1, 0.15) is 279 Å². The monoisotopic (exact) mass is 861 g/mol. The van der Waals surface area contributed by atoms with Crippen LogP contribution in [0.15, 0.2) is 0 Å². The van der Waals surface area contributed by atoms with Gasteiger partial charge in [0.25, 0.3) is 0 Å². The Balaban J connectivity index is -0.000000880. The van der Waals surface area contributed by atoms with Gasteiger partial charge in [-0.3, -0.25) is 0 Å². The molecule has 0 amide bonds. The molecule has 0 spiro atoms. The van der Waals surface area contributed by atoms with Crippen LogP contribution in [0.2, 0.25) is 0 Å². The van der Waals surface area contributed by atoms with Crippen LogP contribution in [0.3, 0.4) is 0 Å². The number of rotatable bonds is 44.